The van der Waals surface area contributed by atoms with Gasteiger partial charge in [0.15, 0.2) is 12.7 Å². The van der Waals surface area contributed by atoms with Gasteiger partial charge in [-0.05, 0) is 23.7 Å². The third-order valence-corrected chi connectivity index (χ3v) is 2.82. The van der Waals surface area contributed by atoms with Crippen molar-refractivity contribution in [2.75, 3.05) is 0 Å². The Morgan fingerprint density at radius 2 is 1.94 bits per heavy atom. The van der Waals surface area contributed by atoms with Gasteiger partial charge < -0.3 is 0 Å². The smallest absolute Gasteiger partial charge is 0.234 e. The van der Waals surface area contributed by atoms with E-state index in [1.54, 1.807) is 18.2 Å². The normalized spacial score (nSPS) is 10.4. The molecule has 0 bridgehead atoms. The summed E-state index contributed by atoms with van der Waals surface area (Å²) in [7, 11) is 0. The van der Waals surface area contributed by atoms with Gasteiger partial charge in [-0.1, -0.05) is 29.3 Å². The van der Waals surface area contributed by atoms with Crippen LogP contribution in [0.4, 0.5) is 0 Å². The van der Waals surface area contributed by atoms with Crippen LogP contribution in [0.2, 0.25) is 15.3 Å². The fourth-order valence-electron chi connectivity index (χ4n) is 1.32. The largest absolute Gasteiger partial charge is 0.276 e. The molecule has 0 aliphatic rings. The Balaban J connectivity index is 2.27. The Labute approximate surface area is 108 Å². The van der Waals surface area contributed by atoms with Gasteiger partial charge in [-0.3, -0.25) is 0 Å². The van der Waals surface area contributed by atoms with Crippen molar-refractivity contribution in [2.24, 2.45) is 0 Å². The summed E-state index contributed by atoms with van der Waals surface area (Å²) in [5.74, 6) is 0. The Bertz CT molecular complexity index is 514. The van der Waals surface area contributed by atoms with Crippen molar-refractivity contribution in [3.05, 3.63) is 57.6 Å². The number of hydrogen-bond acceptors (Lipinski definition) is 1. The number of hydrogen-bond donors (Lipinski definition) is 0. The van der Waals surface area contributed by atoms with Gasteiger partial charge in [-0.25, -0.2) is 4.98 Å². The molecule has 0 atom stereocenters. The van der Waals surface area contributed by atoms with E-state index < -0.39 is 0 Å². The highest BCUT2D eigenvalue weighted by molar-refractivity contribution is 6.33. The van der Waals surface area contributed by atoms with Gasteiger partial charge >= 0.3 is 0 Å². The molecular weight excluding hydrogens is 266 g/mol. The monoisotopic (exact) mass is 273 g/mol. The van der Waals surface area contributed by atoms with Crippen LogP contribution in [0, 0.1) is 0 Å². The quantitative estimate of drug-likeness (QED) is 0.606. The van der Waals surface area contributed by atoms with Crippen LogP contribution >= 0.6 is 34.8 Å². The van der Waals surface area contributed by atoms with Crippen LogP contribution < -0.4 is 4.57 Å². The van der Waals surface area contributed by atoms with E-state index in [1.807, 2.05) is 22.9 Å². The van der Waals surface area contributed by atoms with Gasteiger partial charge in [0.25, 0.3) is 5.15 Å². The van der Waals surface area contributed by atoms with Crippen LogP contribution in [0.3, 0.4) is 0 Å². The Morgan fingerprint density at radius 3 is 2.62 bits per heavy atom. The molecule has 0 amide bonds. The second-order valence-corrected chi connectivity index (χ2v) is 4.46. The average molecular weight is 275 g/mol. The zero-order valence-corrected chi connectivity index (χ0v) is 10.5. The van der Waals surface area contributed by atoms with Gasteiger partial charge in [0, 0.05) is 12.1 Å². The van der Waals surface area contributed by atoms with Crippen LogP contribution in [-0.2, 0) is 6.54 Å². The zero-order valence-electron chi connectivity index (χ0n) is 8.20. The van der Waals surface area contributed by atoms with Crippen molar-refractivity contribution in [3.8, 4) is 0 Å². The molecule has 0 unspecified atom stereocenters. The van der Waals surface area contributed by atoms with E-state index >= 15 is 0 Å². The van der Waals surface area contributed by atoms with E-state index in [0.29, 0.717) is 21.9 Å². The molecule has 2 aromatic heterocycles. The molecule has 2 heterocycles. The van der Waals surface area contributed by atoms with Crippen molar-refractivity contribution in [3.63, 3.8) is 0 Å². The van der Waals surface area contributed by atoms with Crippen molar-refractivity contribution in [1.29, 1.82) is 0 Å². The lowest BCUT2D eigenvalue weighted by Gasteiger charge is -1.99. The lowest BCUT2D eigenvalue weighted by Crippen LogP contribution is -2.35. The van der Waals surface area contributed by atoms with Crippen molar-refractivity contribution < 1.29 is 4.57 Å². The summed E-state index contributed by atoms with van der Waals surface area (Å²) in [6, 6.07) is 8.95. The summed E-state index contributed by atoms with van der Waals surface area (Å²) in [6.07, 6.45) is 1.81. The van der Waals surface area contributed by atoms with Crippen LogP contribution in [0.25, 0.3) is 0 Å². The molecule has 82 valence electrons. The molecule has 5 heteroatoms. The van der Waals surface area contributed by atoms with Crippen LogP contribution in [0.15, 0.2) is 36.5 Å². The summed E-state index contributed by atoms with van der Waals surface area (Å²) >= 11 is 17.6. The second-order valence-electron chi connectivity index (χ2n) is 3.25. The van der Waals surface area contributed by atoms with Crippen molar-refractivity contribution in [2.45, 2.75) is 6.54 Å². The first-order valence-corrected chi connectivity index (χ1v) is 5.74. The molecule has 2 nitrogen and oxygen atoms in total. The zero-order chi connectivity index (χ0) is 11.5. The van der Waals surface area contributed by atoms with E-state index in [9.17, 15) is 0 Å². The molecule has 0 saturated heterocycles. The summed E-state index contributed by atoms with van der Waals surface area (Å²) < 4.78 is 1.84. The molecule has 0 spiro atoms. The molecule has 0 fully saturated rings. The highest BCUT2D eigenvalue weighted by Gasteiger charge is 2.10. The topological polar surface area (TPSA) is 16.8 Å². The fourth-order valence-corrected chi connectivity index (χ4v) is 1.95. The Kier molecular flexibility index (Phi) is 3.64. The van der Waals surface area contributed by atoms with Gasteiger partial charge in [0.05, 0.1) is 5.02 Å². The minimum atomic E-state index is 0.475. The summed E-state index contributed by atoms with van der Waals surface area (Å²) in [6.45, 7) is 0.566. The van der Waals surface area contributed by atoms with Crippen LogP contribution in [0.1, 0.15) is 5.69 Å². The van der Waals surface area contributed by atoms with E-state index in [2.05, 4.69) is 4.98 Å². The highest BCUT2D eigenvalue weighted by Crippen LogP contribution is 2.11. The standard InChI is InChI=1S/C11H8Cl3N2/c12-8-4-5-16(11(14)6-8)7-9-2-1-3-10(13)15-9/h1-6H,7H2/q+1. The average Bonchev–Trinajstić information content (AvgIpc) is 2.22. The first kappa shape index (κ1) is 11.6. The number of rotatable bonds is 2. The molecule has 0 saturated carbocycles. The maximum absolute atomic E-state index is 6.04. The lowest BCUT2D eigenvalue weighted by atomic mass is 10.3. The molecule has 2 rings (SSSR count). The highest BCUT2D eigenvalue weighted by atomic mass is 35.5. The molecule has 0 aliphatic carbocycles. The fraction of sp³-hybridized carbons (Fsp3) is 0.0909. The summed E-state index contributed by atoms with van der Waals surface area (Å²) in [5.41, 5.74) is 0.849. The lowest BCUT2D eigenvalue weighted by molar-refractivity contribution is -0.686. The predicted molar refractivity (Wildman–Crippen MR) is 65.0 cm³/mol. The number of aromatic nitrogens is 2. The molecule has 0 N–H and O–H groups in total. The van der Waals surface area contributed by atoms with Gasteiger partial charge in [0.1, 0.15) is 10.8 Å². The first-order valence-electron chi connectivity index (χ1n) is 4.61. The third-order valence-electron chi connectivity index (χ3n) is 2.05. The van der Waals surface area contributed by atoms with E-state index in [4.69, 9.17) is 34.8 Å². The predicted octanol–water partition coefficient (Wildman–Crippen LogP) is 3.38. The first-order chi connectivity index (χ1) is 7.65. The molecule has 16 heavy (non-hydrogen) atoms. The number of pyridine rings is 2. The molecular formula is C11H8Cl3N2+. The molecule has 2 aromatic rings. The van der Waals surface area contributed by atoms with E-state index in [0.717, 1.165) is 5.69 Å². The molecule has 0 aliphatic heterocycles. The minimum absolute atomic E-state index is 0.475. The number of nitrogens with zero attached hydrogens (tertiary/aromatic N) is 2. The molecule has 0 radical (unpaired) electrons. The SMILES string of the molecule is Clc1cc[n+](Cc2cccc(Cl)n2)c(Cl)c1. The number of halogens is 3. The summed E-state index contributed by atoms with van der Waals surface area (Å²) in [5, 5.41) is 1.65. The van der Waals surface area contributed by atoms with E-state index in [1.165, 1.54) is 0 Å². The van der Waals surface area contributed by atoms with Crippen LogP contribution in [0.5, 0.6) is 0 Å². The van der Waals surface area contributed by atoms with Gasteiger partial charge in [0.2, 0.25) is 0 Å². The van der Waals surface area contributed by atoms with Crippen molar-refractivity contribution in [1.82, 2.24) is 4.98 Å². The summed E-state index contributed by atoms with van der Waals surface area (Å²) in [4.78, 5) is 4.18. The van der Waals surface area contributed by atoms with E-state index in [-0.39, 0.29) is 0 Å². The second kappa shape index (κ2) is 5.00. The maximum atomic E-state index is 6.04. The Morgan fingerprint density at radius 1 is 1.12 bits per heavy atom. The van der Waals surface area contributed by atoms with Crippen molar-refractivity contribution >= 4 is 34.8 Å². The third kappa shape index (κ3) is 2.85. The minimum Gasteiger partial charge on any atom is -0.234 e. The van der Waals surface area contributed by atoms with Gasteiger partial charge in [-0.2, -0.15) is 4.57 Å². The van der Waals surface area contributed by atoms with Crippen LogP contribution in [-0.4, -0.2) is 4.98 Å². The maximum Gasteiger partial charge on any atom is 0.276 e. The molecule has 0 aromatic carbocycles. The Hall–Kier alpha value is -0.830. The van der Waals surface area contributed by atoms with Gasteiger partial charge in [-0.15, -0.1) is 0 Å².